The molecule has 0 radical (unpaired) electrons. The van der Waals surface area contributed by atoms with Gasteiger partial charge in [0.25, 0.3) is 0 Å². The first-order valence-electron chi connectivity index (χ1n) is 6.78. The molecule has 1 amide bonds. The van der Waals surface area contributed by atoms with Crippen LogP contribution in [0.3, 0.4) is 0 Å². The van der Waals surface area contributed by atoms with E-state index in [1.54, 1.807) is 6.07 Å². The van der Waals surface area contributed by atoms with E-state index in [4.69, 9.17) is 4.74 Å². The van der Waals surface area contributed by atoms with Gasteiger partial charge in [-0.05, 0) is 24.6 Å². The van der Waals surface area contributed by atoms with Gasteiger partial charge in [0.2, 0.25) is 5.91 Å². The molecule has 1 fully saturated rings. The van der Waals surface area contributed by atoms with Crippen LogP contribution < -0.4 is 10.6 Å². The van der Waals surface area contributed by atoms with E-state index in [9.17, 15) is 13.2 Å². The smallest absolute Gasteiger partial charge is 0.226 e. The van der Waals surface area contributed by atoms with Gasteiger partial charge in [0, 0.05) is 31.0 Å². The van der Waals surface area contributed by atoms with Gasteiger partial charge in [-0.3, -0.25) is 4.79 Å². The number of nitrogens with one attached hydrogen (secondary N) is 2. The number of amides is 1. The first-order valence-corrected chi connectivity index (χ1v) is 8.67. The zero-order valence-electron chi connectivity index (χ0n) is 12.2. The number of hydrogen-bond acceptors (Lipinski definition) is 5. The quantitative estimate of drug-likeness (QED) is 0.855. The molecule has 1 aromatic carbocycles. The van der Waals surface area contributed by atoms with Crippen LogP contribution in [0.1, 0.15) is 12.0 Å². The molecule has 1 heterocycles. The van der Waals surface area contributed by atoms with Crippen LogP contribution in [0.25, 0.3) is 0 Å². The minimum Gasteiger partial charge on any atom is -0.378 e. The highest BCUT2D eigenvalue weighted by Gasteiger charge is 2.18. The summed E-state index contributed by atoms with van der Waals surface area (Å²) in [4.78, 5) is 12.2. The van der Waals surface area contributed by atoms with E-state index < -0.39 is 9.84 Å². The molecule has 0 saturated carbocycles. The molecule has 1 saturated heterocycles. The third-order valence-corrected chi connectivity index (χ3v) is 4.45. The van der Waals surface area contributed by atoms with Crippen LogP contribution >= 0.6 is 0 Å². The van der Waals surface area contributed by atoms with E-state index in [0.717, 1.165) is 18.4 Å². The Morgan fingerprint density at radius 3 is 2.86 bits per heavy atom. The van der Waals surface area contributed by atoms with E-state index in [0.29, 0.717) is 25.3 Å². The number of ether oxygens (including phenoxy) is 1. The lowest BCUT2D eigenvalue weighted by Crippen LogP contribution is -2.43. The Morgan fingerprint density at radius 2 is 2.24 bits per heavy atom. The summed E-state index contributed by atoms with van der Waals surface area (Å²) >= 11 is 0. The predicted molar refractivity (Wildman–Crippen MR) is 80.1 cm³/mol. The summed E-state index contributed by atoms with van der Waals surface area (Å²) in [5, 5.41) is 5.98. The van der Waals surface area contributed by atoms with Crippen molar-refractivity contribution < 1.29 is 17.9 Å². The van der Waals surface area contributed by atoms with Crippen molar-refractivity contribution in [2.75, 3.05) is 31.3 Å². The lowest BCUT2D eigenvalue weighted by molar-refractivity contribution is -0.117. The molecule has 0 aromatic heterocycles. The van der Waals surface area contributed by atoms with Crippen LogP contribution in [-0.2, 0) is 19.4 Å². The first-order chi connectivity index (χ1) is 9.86. The molecule has 1 aromatic rings. The summed E-state index contributed by atoms with van der Waals surface area (Å²) in [5.41, 5.74) is 1.35. The number of carbonyl (C=O) groups excluding carboxylic acids is 1. The number of anilines is 1. The molecule has 1 aliphatic heterocycles. The third-order valence-electron chi connectivity index (χ3n) is 3.34. The molecule has 6 nitrogen and oxygen atoms in total. The molecule has 21 heavy (non-hydrogen) atoms. The molecule has 1 unspecified atom stereocenters. The third kappa shape index (κ3) is 4.52. The maximum atomic E-state index is 12.0. The highest BCUT2D eigenvalue weighted by molar-refractivity contribution is 7.90. The van der Waals surface area contributed by atoms with E-state index in [1.165, 1.54) is 12.1 Å². The Hall–Kier alpha value is -1.44. The minimum atomic E-state index is -3.29. The van der Waals surface area contributed by atoms with Gasteiger partial charge in [-0.1, -0.05) is 6.07 Å². The van der Waals surface area contributed by atoms with Crippen LogP contribution in [0.15, 0.2) is 23.1 Å². The fraction of sp³-hybridized carbons (Fsp3) is 0.500. The Labute approximate surface area is 124 Å². The summed E-state index contributed by atoms with van der Waals surface area (Å²) in [6.07, 6.45) is 1.44. The molecule has 0 bridgehead atoms. The molecule has 116 valence electrons. The maximum absolute atomic E-state index is 12.0. The van der Waals surface area contributed by atoms with E-state index in [-0.39, 0.29) is 16.8 Å². The van der Waals surface area contributed by atoms with E-state index in [2.05, 4.69) is 10.6 Å². The monoisotopic (exact) mass is 312 g/mol. The Kier molecular flexibility index (Phi) is 4.97. The first kappa shape index (κ1) is 15.9. The van der Waals surface area contributed by atoms with Gasteiger partial charge in [-0.15, -0.1) is 0 Å². The molecule has 7 heteroatoms. The molecule has 1 atom stereocenters. The Balaban J connectivity index is 2.06. The maximum Gasteiger partial charge on any atom is 0.226 e. The van der Waals surface area contributed by atoms with E-state index in [1.807, 2.05) is 6.92 Å². The largest absolute Gasteiger partial charge is 0.378 e. The Bertz CT molecular complexity index is 622. The highest BCUT2D eigenvalue weighted by Crippen LogP contribution is 2.20. The van der Waals surface area contributed by atoms with Gasteiger partial charge in [0.15, 0.2) is 9.84 Å². The summed E-state index contributed by atoms with van der Waals surface area (Å²) in [6, 6.07) is 4.72. The zero-order chi connectivity index (χ0) is 15.5. The van der Waals surface area contributed by atoms with Crippen molar-refractivity contribution in [3.8, 4) is 0 Å². The lowest BCUT2D eigenvalue weighted by atomic mass is 10.1. The normalized spacial score (nSPS) is 19.2. The number of morpholine rings is 1. The second kappa shape index (κ2) is 6.55. The second-order valence-corrected chi connectivity index (χ2v) is 7.24. The second-order valence-electron chi connectivity index (χ2n) is 5.23. The fourth-order valence-corrected chi connectivity index (χ4v) is 2.79. The van der Waals surface area contributed by atoms with Gasteiger partial charge in [0.1, 0.15) is 0 Å². The highest BCUT2D eigenvalue weighted by atomic mass is 32.2. The molecule has 2 N–H and O–H groups in total. The van der Waals surface area contributed by atoms with Gasteiger partial charge in [0.05, 0.1) is 18.1 Å². The molecular weight excluding hydrogens is 292 g/mol. The van der Waals surface area contributed by atoms with Crippen molar-refractivity contribution in [2.45, 2.75) is 24.3 Å². The van der Waals surface area contributed by atoms with Gasteiger partial charge < -0.3 is 15.4 Å². The van der Waals surface area contributed by atoms with Gasteiger partial charge >= 0.3 is 0 Å². The molecule has 0 spiro atoms. The van der Waals surface area contributed by atoms with E-state index >= 15 is 0 Å². The average Bonchev–Trinajstić information content (AvgIpc) is 2.41. The number of sulfone groups is 1. The topological polar surface area (TPSA) is 84.5 Å². The Morgan fingerprint density at radius 1 is 1.48 bits per heavy atom. The molecule has 1 aliphatic rings. The number of aryl methyl sites for hydroxylation is 1. The standard InChI is InChI=1S/C14H20N2O4S/c1-10-3-4-12(21(2,18)19)8-13(10)16-14(17)7-11-9-20-6-5-15-11/h3-4,8,11,15H,5-7,9H2,1-2H3,(H,16,17). The zero-order valence-corrected chi connectivity index (χ0v) is 13.0. The molecular formula is C14H20N2O4S. The van der Waals surface area contributed by atoms with Crippen molar-refractivity contribution in [1.29, 1.82) is 0 Å². The van der Waals surface area contributed by atoms with Crippen LogP contribution in [0.4, 0.5) is 5.69 Å². The van der Waals surface area contributed by atoms with Crippen molar-refractivity contribution >= 4 is 21.4 Å². The van der Waals surface area contributed by atoms with Crippen molar-refractivity contribution in [3.05, 3.63) is 23.8 Å². The average molecular weight is 312 g/mol. The van der Waals surface area contributed by atoms with Crippen LogP contribution in [0.5, 0.6) is 0 Å². The lowest BCUT2D eigenvalue weighted by Gasteiger charge is -2.23. The van der Waals surface area contributed by atoms with Crippen LogP contribution in [0, 0.1) is 6.92 Å². The summed E-state index contributed by atoms with van der Waals surface area (Å²) in [6.45, 7) is 3.73. The number of benzene rings is 1. The van der Waals surface area contributed by atoms with Crippen molar-refractivity contribution in [1.82, 2.24) is 5.32 Å². The number of carbonyl (C=O) groups is 1. The predicted octanol–water partition coefficient (Wildman–Crippen LogP) is 0.716. The SMILES string of the molecule is Cc1ccc(S(C)(=O)=O)cc1NC(=O)CC1COCCN1. The van der Waals surface area contributed by atoms with Crippen molar-refractivity contribution in [2.24, 2.45) is 0 Å². The molecule has 0 aliphatic carbocycles. The fourth-order valence-electron chi connectivity index (χ4n) is 2.14. The summed E-state index contributed by atoms with van der Waals surface area (Å²) < 4.78 is 28.4. The van der Waals surface area contributed by atoms with Gasteiger partial charge in [-0.25, -0.2) is 8.42 Å². The van der Waals surface area contributed by atoms with Crippen LogP contribution in [-0.4, -0.2) is 46.4 Å². The van der Waals surface area contributed by atoms with Crippen molar-refractivity contribution in [3.63, 3.8) is 0 Å². The van der Waals surface area contributed by atoms with Gasteiger partial charge in [-0.2, -0.15) is 0 Å². The summed E-state index contributed by atoms with van der Waals surface area (Å²) in [7, 11) is -3.29. The van der Waals surface area contributed by atoms with Crippen LogP contribution in [0.2, 0.25) is 0 Å². The summed E-state index contributed by atoms with van der Waals surface area (Å²) in [5.74, 6) is -0.160. The number of rotatable bonds is 4. The minimum absolute atomic E-state index is 0.00264. The number of hydrogen-bond donors (Lipinski definition) is 2. The molecule has 2 rings (SSSR count).